The zero-order valence-electron chi connectivity index (χ0n) is 12.9. The molecule has 1 heterocycles. The number of hydrogen-bond acceptors (Lipinski definition) is 3. The third kappa shape index (κ3) is 3.76. The van der Waals surface area contributed by atoms with E-state index in [-0.39, 0.29) is 18.5 Å². The van der Waals surface area contributed by atoms with Gasteiger partial charge in [0.2, 0.25) is 0 Å². The Morgan fingerprint density at radius 3 is 2.38 bits per heavy atom. The average Bonchev–Trinajstić information content (AvgIpc) is 2.46. The first kappa shape index (κ1) is 16.7. The Bertz CT molecular complexity index is 473. The SMILES string of the molecule is CC1CC(C(=O)O)CN(S(=O)(=O)N(C)C2CCCCC2)C1. The molecule has 0 aromatic rings. The van der Waals surface area contributed by atoms with Crippen LogP contribution in [0.3, 0.4) is 0 Å². The van der Waals surface area contributed by atoms with Crippen LogP contribution in [-0.4, -0.2) is 54.3 Å². The predicted molar refractivity (Wildman–Crippen MR) is 80.0 cm³/mol. The monoisotopic (exact) mass is 318 g/mol. The fraction of sp³-hybridized carbons (Fsp3) is 0.929. The van der Waals surface area contributed by atoms with Crippen LogP contribution in [0.4, 0.5) is 0 Å². The lowest BCUT2D eigenvalue weighted by atomic mass is 9.92. The van der Waals surface area contributed by atoms with Gasteiger partial charge in [0.25, 0.3) is 10.2 Å². The topological polar surface area (TPSA) is 77.9 Å². The second kappa shape index (κ2) is 6.62. The molecule has 2 rings (SSSR count). The Balaban J connectivity index is 2.11. The van der Waals surface area contributed by atoms with Crippen LogP contribution in [0.25, 0.3) is 0 Å². The maximum atomic E-state index is 12.8. The third-order valence-electron chi connectivity index (χ3n) is 4.75. The average molecular weight is 318 g/mol. The number of rotatable bonds is 4. The van der Waals surface area contributed by atoms with Crippen LogP contribution >= 0.6 is 0 Å². The third-order valence-corrected chi connectivity index (χ3v) is 6.73. The van der Waals surface area contributed by atoms with Crippen LogP contribution in [0.5, 0.6) is 0 Å². The molecule has 0 aromatic heterocycles. The summed E-state index contributed by atoms with van der Waals surface area (Å²) in [6, 6.07) is 0.0595. The minimum absolute atomic E-state index is 0.0595. The summed E-state index contributed by atoms with van der Waals surface area (Å²) in [6.07, 6.45) is 5.67. The molecule has 21 heavy (non-hydrogen) atoms. The highest BCUT2D eigenvalue weighted by molar-refractivity contribution is 7.86. The number of carboxylic acids is 1. The summed E-state index contributed by atoms with van der Waals surface area (Å²) < 4.78 is 28.4. The molecule has 1 aliphatic carbocycles. The fourth-order valence-electron chi connectivity index (χ4n) is 3.49. The zero-order valence-corrected chi connectivity index (χ0v) is 13.7. The highest BCUT2D eigenvalue weighted by Crippen LogP contribution is 2.28. The summed E-state index contributed by atoms with van der Waals surface area (Å²) in [6.45, 7) is 2.43. The van der Waals surface area contributed by atoms with Gasteiger partial charge in [0.05, 0.1) is 5.92 Å². The molecular formula is C14H26N2O4S. The molecule has 0 amide bonds. The molecule has 1 aliphatic heterocycles. The standard InChI is InChI=1S/C14H26N2O4S/c1-11-8-12(14(17)18)10-16(9-11)21(19,20)15(2)13-6-4-3-5-7-13/h11-13H,3-10H2,1-2H3,(H,17,18). The Morgan fingerprint density at radius 2 is 1.81 bits per heavy atom. The summed E-state index contributed by atoms with van der Waals surface area (Å²) >= 11 is 0. The molecule has 2 atom stereocenters. The van der Waals surface area contributed by atoms with Gasteiger partial charge in [-0.3, -0.25) is 4.79 Å². The molecule has 2 aliphatic rings. The van der Waals surface area contributed by atoms with E-state index in [0.29, 0.717) is 13.0 Å². The molecule has 0 aromatic carbocycles. The van der Waals surface area contributed by atoms with Crippen molar-refractivity contribution in [3.8, 4) is 0 Å². The van der Waals surface area contributed by atoms with E-state index in [2.05, 4.69) is 0 Å². The van der Waals surface area contributed by atoms with Crippen LogP contribution in [0.15, 0.2) is 0 Å². The van der Waals surface area contributed by atoms with E-state index in [1.807, 2.05) is 6.92 Å². The smallest absolute Gasteiger partial charge is 0.307 e. The maximum absolute atomic E-state index is 12.8. The summed E-state index contributed by atoms with van der Waals surface area (Å²) in [5, 5.41) is 9.19. The Morgan fingerprint density at radius 1 is 1.19 bits per heavy atom. The summed E-state index contributed by atoms with van der Waals surface area (Å²) in [5.74, 6) is -1.42. The predicted octanol–water partition coefficient (Wildman–Crippen LogP) is 1.54. The lowest BCUT2D eigenvalue weighted by Crippen LogP contribution is -2.52. The molecule has 0 radical (unpaired) electrons. The second-order valence-corrected chi connectivity index (χ2v) is 8.50. The van der Waals surface area contributed by atoms with Crippen molar-refractivity contribution >= 4 is 16.2 Å². The van der Waals surface area contributed by atoms with Crippen molar-refractivity contribution in [1.29, 1.82) is 0 Å². The van der Waals surface area contributed by atoms with Crippen LogP contribution in [0.1, 0.15) is 45.4 Å². The van der Waals surface area contributed by atoms with E-state index in [1.54, 1.807) is 7.05 Å². The van der Waals surface area contributed by atoms with Crippen LogP contribution in [-0.2, 0) is 15.0 Å². The van der Waals surface area contributed by atoms with E-state index in [9.17, 15) is 18.3 Å². The normalized spacial score (nSPS) is 29.7. The number of hydrogen-bond donors (Lipinski definition) is 1. The lowest BCUT2D eigenvalue weighted by Gasteiger charge is -2.39. The van der Waals surface area contributed by atoms with E-state index in [0.717, 1.165) is 25.7 Å². The Hall–Kier alpha value is -0.660. The molecule has 2 unspecified atom stereocenters. The Labute approximate surface area is 127 Å². The number of piperidine rings is 1. The van der Waals surface area contributed by atoms with Gasteiger partial charge < -0.3 is 5.11 Å². The van der Waals surface area contributed by atoms with Crippen molar-refractivity contribution in [2.45, 2.75) is 51.5 Å². The lowest BCUT2D eigenvalue weighted by molar-refractivity contribution is -0.143. The highest BCUT2D eigenvalue weighted by atomic mass is 32.2. The van der Waals surface area contributed by atoms with E-state index >= 15 is 0 Å². The van der Waals surface area contributed by atoms with Crippen molar-refractivity contribution in [2.75, 3.05) is 20.1 Å². The van der Waals surface area contributed by atoms with Crippen molar-refractivity contribution < 1.29 is 18.3 Å². The summed E-state index contributed by atoms with van der Waals surface area (Å²) in [5.41, 5.74) is 0. The van der Waals surface area contributed by atoms with Crippen molar-refractivity contribution in [2.24, 2.45) is 11.8 Å². The second-order valence-electron chi connectivity index (χ2n) is 6.51. The molecule has 1 saturated carbocycles. The number of carbonyl (C=O) groups is 1. The number of nitrogens with zero attached hydrogens (tertiary/aromatic N) is 2. The summed E-state index contributed by atoms with van der Waals surface area (Å²) in [7, 11) is -1.92. The quantitative estimate of drug-likeness (QED) is 0.853. The fourth-order valence-corrected chi connectivity index (χ4v) is 5.25. The largest absolute Gasteiger partial charge is 0.481 e. The minimum atomic E-state index is -3.56. The molecule has 0 bridgehead atoms. The number of carboxylic acid groups (broad SMARTS) is 1. The van der Waals surface area contributed by atoms with Gasteiger partial charge in [-0.25, -0.2) is 0 Å². The van der Waals surface area contributed by atoms with Crippen molar-refractivity contribution in [3.63, 3.8) is 0 Å². The van der Waals surface area contributed by atoms with Gasteiger partial charge >= 0.3 is 5.97 Å². The van der Waals surface area contributed by atoms with E-state index in [1.165, 1.54) is 15.0 Å². The van der Waals surface area contributed by atoms with Gasteiger partial charge in [-0.2, -0.15) is 17.0 Å². The van der Waals surface area contributed by atoms with E-state index in [4.69, 9.17) is 0 Å². The Kier molecular flexibility index (Phi) is 5.27. The first-order valence-corrected chi connectivity index (χ1v) is 9.18. The molecule has 1 saturated heterocycles. The van der Waals surface area contributed by atoms with Gasteiger partial charge in [0, 0.05) is 26.2 Å². The highest BCUT2D eigenvalue weighted by Gasteiger charge is 2.39. The molecular weight excluding hydrogens is 292 g/mol. The first-order chi connectivity index (χ1) is 9.82. The van der Waals surface area contributed by atoms with Gasteiger partial charge in [0.15, 0.2) is 0 Å². The van der Waals surface area contributed by atoms with Crippen LogP contribution in [0.2, 0.25) is 0 Å². The zero-order chi connectivity index (χ0) is 15.6. The van der Waals surface area contributed by atoms with Gasteiger partial charge in [-0.05, 0) is 25.2 Å². The molecule has 0 spiro atoms. The van der Waals surface area contributed by atoms with Crippen LogP contribution in [0, 0.1) is 11.8 Å². The van der Waals surface area contributed by atoms with E-state index < -0.39 is 22.1 Å². The van der Waals surface area contributed by atoms with Crippen molar-refractivity contribution in [1.82, 2.24) is 8.61 Å². The molecule has 2 fully saturated rings. The van der Waals surface area contributed by atoms with Crippen molar-refractivity contribution in [3.05, 3.63) is 0 Å². The first-order valence-electron chi connectivity index (χ1n) is 7.78. The minimum Gasteiger partial charge on any atom is -0.481 e. The number of aliphatic carboxylic acids is 1. The van der Waals surface area contributed by atoms with Gasteiger partial charge in [0.1, 0.15) is 0 Å². The maximum Gasteiger partial charge on any atom is 0.307 e. The molecule has 6 nitrogen and oxygen atoms in total. The van der Waals surface area contributed by atoms with Gasteiger partial charge in [-0.15, -0.1) is 0 Å². The summed E-state index contributed by atoms with van der Waals surface area (Å²) in [4.78, 5) is 11.2. The molecule has 7 heteroatoms. The van der Waals surface area contributed by atoms with Gasteiger partial charge in [-0.1, -0.05) is 26.2 Å². The molecule has 1 N–H and O–H groups in total. The molecule has 122 valence electrons. The van der Waals surface area contributed by atoms with Crippen LogP contribution < -0.4 is 0 Å².